The molecule has 0 bridgehead atoms. The molecular formula is C34H35N5O6S. The topological polar surface area (TPSA) is 115 Å². The van der Waals surface area contributed by atoms with Crippen LogP contribution in [-0.2, 0) is 16.1 Å². The van der Waals surface area contributed by atoms with Gasteiger partial charge in [0.05, 0.1) is 29.3 Å². The van der Waals surface area contributed by atoms with E-state index < -0.39 is 0 Å². The van der Waals surface area contributed by atoms with Crippen LogP contribution in [0.1, 0.15) is 28.8 Å². The number of fused-ring (bicyclic) bond motifs is 2. The first-order valence-corrected chi connectivity index (χ1v) is 16.5. The van der Waals surface area contributed by atoms with Crippen LogP contribution in [-0.4, -0.2) is 84.2 Å². The number of nitrogens with one attached hydrogen (secondary N) is 1. The van der Waals surface area contributed by atoms with Crippen molar-refractivity contribution in [1.29, 1.82) is 0 Å². The quantitative estimate of drug-likeness (QED) is 0.217. The molecule has 1 atom stereocenters. The number of hydrogen-bond donors (Lipinski definition) is 1. The fraction of sp³-hybridized carbons (Fsp3) is 0.353. The van der Waals surface area contributed by atoms with Crippen molar-refractivity contribution in [2.75, 3.05) is 56.8 Å². The van der Waals surface area contributed by atoms with Crippen molar-refractivity contribution < 1.29 is 23.8 Å². The number of carbonyl (C=O) groups is 2. The van der Waals surface area contributed by atoms with Crippen LogP contribution in [0.5, 0.6) is 11.5 Å². The van der Waals surface area contributed by atoms with Crippen LogP contribution in [0.4, 0.5) is 5.69 Å². The number of anilines is 1. The van der Waals surface area contributed by atoms with Gasteiger partial charge in [-0.05, 0) is 48.7 Å². The molecule has 4 aromatic rings. The largest absolute Gasteiger partial charge is 0.454 e. The predicted molar refractivity (Wildman–Crippen MR) is 175 cm³/mol. The first-order chi connectivity index (χ1) is 22.5. The summed E-state index contributed by atoms with van der Waals surface area (Å²) >= 11 is 1.21. The van der Waals surface area contributed by atoms with Crippen molar-refractivity contribution in [3.05, 3.63) is 88.2 Å². The van der Waals surface area contributed by atoms with E-state index in [1.54, 1.807) is 16.7 Å². The predicted octanol–water partition coefficient (Wildman–Crippen LogP) is 3.52. The number of hydrogen-bond acceptors (Lipinski definition) is 9. The van der Waals surface area contributed by atoms with E-state index in [2.05, 4.69) is 22.3 Å². The molecule has 11 nitrogen and oxygen atoms in total. The van der Waals surface area contributed by atoms with Gasteiger partial charge in [0.2, 0.25) is 12.7 Å². The highest BCUT2D eigenvalue weighted by Crippen LogP contribution is 2.35. The van der Waals surface area contributed by atoms with Crippen molar-refractivity contribution >= 4 is 40.2 Å². The van der Waals surface area contributed by atoms with E-state index in [4.69, 9.17) is 19.2 Å². The van der Waals surface area contributed by atoms with Crippen LogP contribution < -0.4 is 25.2 Å². The molecule has 2 amide bonds. The van der Waals surface area contributed by atoms with Crippen molar-refractivity contribution in [1.82, 2.24) is 19.8 Å². The zero-order valence-corrected chi connectivity index (χ0v) is 26.2. The van der Waals surface area contributed by atoms with Crippen molar-refractivity contribution in [3.63, 3.8) is 0 Å². The summed E-state index contributed by atoms with van der Waals surface area (Å²) in [5, 5.41) is 3.75. The van der Waals surface area contributed by atoms with E-state index in [1.165, 1.54) is 17.4 Å². The number of nitrogens with zero attached hydrogens (tertiary/aromatic N) is 4. The lowest BCUT2D eigenvalue weighted by atomic mass is 10.1. The maximum atomic E-state index is 13.8. The van der Waals surface area contributed by atoms with Crippen molar-refractivity contribution in [2.24, 2.45) is 0 Å². The van der Waals surface area contributed by atoms with Gasteiger partial charge in [-0.15, -0.1) is 0 Å². The molecule has 3 aliphatic heterocycles. The minimum absolute atomic E-state index is 0.00913. The Morgan fingerprint density at radius 2 is 1.72 bits per heavy atom. The van der Waals surface area contributed by atoms with Gasteiger partial charge in [-0.3, -0.25) is 19.0 Å². The second-order valence-corrected chi connectivity index (χ2v) is 12.5. The monoisotopic (exact) mass is 641 g/mol. The molecule has 2 fully saturated rings. The number of piperazine rings is 1. The Morgan fingerprint density at radius 3 is 2.46 bits per heavy atom. The molecule has 7 rings (SSSR count). The second-order valence-electron chi connectivity index (χ2n) is 11.5. The zero-order valence-electron chi connectivity index (χ0n) is 25.4. The number of benzene rings is 3. The van der Waals surface area contributed by atoms with Crippen LogP contribution in [0.15, 0.2) is 76.7 Å². The van der Waals surface area contributed by atoms with Gasteiger partial charge in [0.1, 0.15) is 0 Å². The molecule has 3 aromatic carbocycles. The van der Waals surface area contributed by atoms with Gasteiger partial charge < -0.3 is 29.3 Å². The molecule has 0 aliphatic carbocycles. The molecule has 3 aliphatic rings. The second kappa shape index (κ2) is 13.4. The molecule has 46 heavy (non-hydrogen) atoms. The maximum Gasteiger partial charge on any atom is 0.262 e. The molecule has 4 heterocycles. The number of ether oxygens (including phenoxy) is 3. The van der Waals surface area contributed by atoms with Gasteiger partial charge in [-0.2, -0.15) is 0 Å². The van der Waals surface area contributed by atoms with E-state index in [0.717, 1.165) is 38.1 Å². The molecule has 238 valence electrons. The molecule has 0 saturated carbocycles. The lowest BCUT2D eigenvalue weighted by Crippen LogP contribution is -2.48. The first kappa shape index (κ1) is 30.1. The van der Waals surface area contributed by atoms with Gasteiger partial charge in [-0.1, -0.05) is 42.1 Å². The van der Waals surface area contributed by atoms with Gasteiger partial charge in [0.25, 0.3) is 11.5 Å². The molecule has 2 saturated heterocycles. The number of aromatic nitrogens is 2. The van der Waals surface area contributed by atoms with E-state index in [-0.39, 0.29) is 42.6 Å². The summed E-state index contributed by atoms with van der Waals surface area (Å²) < 4.78 is 18.2. The average Bonchev–Trinajstić information content (AvgIpc) is 3.80. The summed E-state index contributed by atoms with van der Waals surface area (Å²) in [6.45, 7) is 4.34. The highest BCUT2D eigenvalue weighted by Gasteiger charge is 2.24. The fourth-order valence-corrected chi connectivity index (χ4v) is 6.81. The number of rotatable bonds is 9. The highest BCUT2D eigenvalue weighted by molar-refractivity contribution is 7.99. The SMILES string of the molecule is O=C(CSc1nc2cc3c(cc2c(=O)n1Cc1ccc(C(=O)N2CCN(c4ccccc4)CC2)cc1)OCO3)NC[C@H]1CCCO1. The minimum Gasteiger partial charge on any atom is -0.454 e. The standard InChI is InChI=1S/C34H35N5O6S/c40-31(35-19-26-7-4-16-43-26)21-46-34-36-28-18-30-29(44-22-45-30)17-27(28)33(42)39(34)20-23-8-10-24(11-9-23)32(41)38-14-12-37(13-15-38)25-5-2-1-3-6-25/h1-3,5-6,8-11,17-18,26H,4,7,12-16,19-22H2,(H,35,40)/t26-/m1/s1. The summed E-state index contributed by atoms with van der Waals surface area (Å²) in [6, 6.07) is 20.9. The third kappa shape index (κ3) is 6.54. The Kier molecular flexibility index (Phi) is 8.80. The van der Waals surface area contributed by atoms with Gasteiger partial charge in [0, 0.05) is 56.6 Å². The van der Waals surface area contributed by atoms with Gasteiger partial charge >= 0.3 is 0 Å². The molecule has 0 unspecified atom stereocenters. The fourth-order valence-electron chi connectivity index (χ4n) is 5.98. The van der Waals surface area contributed by atoms with Crippen LogP contribution in [0.2, 0.25) is 0 Å². The summed E-state index contributed by atoms with van der Waals surface area (Å²) in [5.41, 5.74) is 2.83. The Bertz CT molecular complexity index is 1780. The number of para-hydroxylation sites is 1. The van der Waals surface area contributed by atoms with Crippen molar-refractivity contribution in [3.8, 4) is 11.5 Å². The number of thioether (sulfide) groups is 1. The zero-order chi connectivity index (χ0) is 31.5. The molecule has 1 N–H and O–H groups in total. The van der Waals surface area contributed by atoms with Crippen LogP contribution in [0.3, 0.4) is 0 Å². The summed E-state index contributed by atoms with van der Waals surface area (Å²) in [4.78, 5) is 48.8. The molecule has 12 heteroatoms. The molecule has 1 aromatic heterocycles. The highest BCUT2D eigenvalue weighted by atomic mass is 32.2. The van der Waals surface area contributed by atoms with Gasteiger partial charge in [0.15, 0.2) is 16.7 Å². The normalized spacial score (nSPS) is 17.4. The Labute approximate surface area is 270 Å². The van der Waals surface area contributed by atoms with Crippen LogP contribution >= 0.6 is 11.8 Å². The Balaban J connectivity index is 1.06. The van der Waals surface area contributed by atoms with Crippen LogP contribution in [0.25, 0.3) is 10.9 Å². The summed E-state index contributed by atoms with van der Waals surface area (Å²) in [7, 11) is 0. The van der Waals surface area contributed by atoms with Crippen LogP contribution in [0, 0.1) is 0 Å². The van der Waals surface area contributed by atoms with E-state index in [9.17, 15) is 14.4 Å². The molecule has 0 radical (unpaired) electrons. The maximum absolute atomic E-state index is 13.8. The lowest BCUT2D eigenvalue weighted by molar-refractivity contribution is -0.119. The van der Waals surface area contributed by atoms with E-state index in [1.807, 2.05) is 47.4 Å². The third-order valence-corrected chi connectivity index (χ3v) is 9.50. The lowest BCUT2D eigenvalue weighted by Gasteiger charge is -2.36. The average molecular weight is 642 g/mol. The Morgan fingerprint density at radius 1 is 0.957 bits per heavy atom. The minimum atomic E-state index is -0.248. The molecular weight excluding hydrogens is 606 g/mol. The van der Waals surface area contributed by atoms with E-state index >= 15 is 0 Å². The summed E-state index contributed by atoms with van der Waals surface area (Å²) in [6.07, 6.45) is 1.98. The van der Waals surface area contributed by atoms with Crippen molar-refractivity contribution in [2.45, 2.75) is 30.6 Å². The smallest absolute Gasteiger partial charge is 0.262 e. The summed E-state index contributed by atoms with van der Waals surface area (Å²) in [5.74, 6) is 0.966. The number of amides is 2. The third-order valence-electron chi connectivity index (χ3n) is 8.53. The molecule has 0 spiro atoms. The first-order valence-electron chi connectivity index (χ1n) is 15.6. The number of carbonyl (C=O) groups excluding carboxylic acids is 2. The van der Waals surface area contributed by atoms with Gasteiger partial charge in [-0.25, -0.2) is 4.98 Å². The Hall–Kier alpha value is -4.55. The van der Waals surface area contributed by atoms with E-state index in [0.29, 0.717) is 52.8 Å².